The molecule has 16 atom stereocenters. The van der Waals surface area contributed by atoms with Gasteiger partial charge in [0.25, 0.3) is 11.5 Å². The lowest BCUT2D eigenvalue weighted by Gasteiger charge is -2.50. The topological polar surface area (TPSA) is 367 Å². The third-order valence-corrected chi connectivity index (χ3v) is 8.75. The van der Waals surface area contributed by atoms with Crippen molar-refractivity contribution in [2.24, 2.45) is 0 Å². The molecule has 1 aromatic carbocycles. The van der Waals surface area contributed by atoms with Gasteiger partial charge >= 0.3 is 5.97 Å². The summed E-state index contributed by atoms with van der Waals surface area (Å²) < 4.78 is 33.3. The van der Waals surface area contributed by atoms with Crippen molar-refractivity contribution in [1.29, 1.82) is 0 Å². The van der Waals surface area contributed by atoms with Crippen LogP contribution in [-0.4, -0.2) is 190 Å². The molecule has 12 N–H and O–H groups in total. The van der Waals surface area contributed by atoms with Crippen LogP contribution in [0.4, 0.5) is 5.69 Å². The van der Waals surface area contributed by atoms with Crippen LogP contribution in [0.3, 0.4) is 0 Å². The van der Waals surface area contributed by atoms with Gasteiger partial charge in [0.2, 0.25) is 12.2 Å². The molecule has 0 unspecified atom stereocenters. The van der Waals surface area contributed by atoms with Crippen molar-refractivity contribution < 1.29 is 99.1 Å². The van der Waals surface area contributed by atoms with Crippen molar-refractivity contribution in [3.8, 4) is 5.75 Å². The molecule has 4 rings (SSSR count). The number of nitro groups is 1. The molecule has 3 heterocycles. The van der Waals surface area contributed by atoms with Crippen molar-refractivity contribution in [2.75, 3.05) is 19.8 Å². The minimum Gasteiger partial charge on any atom is -0.477 e. The Hall–Kier alpha value is -3.24. The molecule has 1 aromatic rings. The molecule has 23 heteroatoms. The quantitative estimate of drug-likeness (QED) is 0.0621. The number of carboxylic acids is 1. The number of hydrogen-bond donors (Lipinski definition) is 12. The summed E-state index contributed by atoms with van der Waals surface area (Å²) in [5.74, 6) is -5.86. The zero-order chi connectivity index (χ0) is 38.7. The summed E-state index contributed by atoms with van der Waals surface area (Å²) in [5.41, 5.74) is -0.272. The Balaban J connectivity index is 1.57. The second-order valence-corrected chi connectivity index (χ2v) is 12.3. The fraction of sp³-hybridized carbons (Fsp3) is 0.724. The van der Waals surface area contributed by atoms with Crippen LogP contribution in [0.15, 0.2) is 24.3 Å². The molecule has 0 spiro atoms. The van der Waals surface area contributed by atoms with E-state index in [1.807, 2.05) is 0 Å². The molecule has 0 saturated carbocycles. The Morgan fingerprint density at radius 1 is 0.942 bits per heavy atom. The first-order valence-corrected chi connectivity index (χ1v) is 15.8. The lowest BCUT2D eigenvalue weighted by Crippen LogP contribution is -2.71. The number of hydrogen-bond acceptors (Lipinski definition) is 20. The van der Waals surface area contributed by atoms with Gasteiger partial charge in [0.15, 0.2) is 6.29 Å². The zero-order valence-electron chi connectivity index (χ0n) is 27.2. The number of amides is 1. The highest BCUT2D eigenvalue weighted by atomic mass is 16.8. The summed E-state index contributed by atoms with van der Waals surface area (Å²) in [5, 5.41) is 129. The smallest absolute Gasteiger partial charge is 0.364 e. The molecule has 1 amide bonds. The molecular formula is C29H42N2O21. The summed E-state index contributed by atoms with van der Waals surface area (Å²) >= 11 is 0. The van der Waals surface area contributed by atoms with E-state index in [0.717, 1.165) is 19.1 Å². The average molecular weight is 755 g/mol. The molecule has 3 aliphatic heterocycles. The highest BCUT2D eigenvalue weighted by molar-refractivity contribution is 5.76. The third kappa shape index (κ3) is 8.75. The number of nitro benzene ring substituents is 1. The highest BCUT2D eigenvalue weighted by Gasteiger charge is 2.60. The number of rotatable bonds is 14. The van der Waals surface area contributed by atoms with E-state index in [0.29, 0.717) is 0 Å². The van der Waals surface area contributed by atoms with Crippen LogP contribution in [0, 0.1) is 10.1 Å². The summed E-state index contributed by atoms with van der Waals surface area (Å²) in [7, 11) is 0. The predicted octanol–water partition coefficient (Wildman–Crippen LogP) is -6.23. The van der Waals surface area contributed by atoms with Crippen molar-refractivity contribution in [3.05, 3.63) is 34.4 Å². The zero-order valence-corrected chi connectivity index (χ0v) is 27.2. The van der Waals surface area contributed by atoms with Crippen LogP contribution in [0.25, 0.3) is 0 Å². The number of carbonyl (C=O) groups is 2. The Kier molecular flexibility index (Phi) is 13.8. The number of nitrogens with one attached hydrogen (secondary N) is 1. The average Bonchev–Trinajstić information content (AvgIpc) is 3.11. The Labute approximate surface area is 293 Å². The highest BCUT2D eigenvalue weighted by Crippen LogP contribution is 2.38. The van der Waals surface area contributed by atoms with Gasteiger partial charge in [-0.15, -0.1) is 0 Å². The number of nitrogens with zero attached hydrogens (tertiary/aromatic N) is 1. The van der Waals surface area contributed by atoms with Crippen LogP contribution in [-0.2, 0) is 33.3 Å². The predicted molar refractivity (Wildman–Crippen MR) is 162 cm³/mol. The Morgan fingerprint density at radius 2 is 1.56 bits per heavy atom. The van der Waals surface area contributed by atoms with Gasteiger partial charge in [0.05, 0.1) is 36.9 Å². The van der Waals surface area contributed by atoms with E-state index >= 15 is 0 Å². The summed E-state index contributed by atoms with van der Waals surface area (Å²) in [6, 6.07) is 2.98. The van der Waals surface area contributed by atoms with Crippen molar-refractivity contribution >= 4 is 17.6 Å². The first kappa shape index (κ1) is 41.5. The second-order valence-electron chi connectivity index (χ2n) is 12.3. The fourth-order valence-electron chi connectivity index (χ4n) is 6.03. The van der Waals surface area contributed by atoms with Crippen LogP contribution >= 0.6 is 0 Å². The minimum atomic E-state index is -3.07. The van der Waals surface area contributed by atoms with Crippen LogP contribution in [0.5, 0.6) is 5.75 Å². The summed E-state index contributed by atoms with van der Waals surface area (Å²) in [4.78, 5) is 34.8. The van der Waals surface area contributed by atoms with Gasteiger partial charge in [0.1, 0.15) is 72.9 Å². The standard InChI is InChI=1S/C29H42N2O21/c1-10(35)30-17-13(36)6-29(28(43)44,51-24(17)18(38)14(37)7-32)52-25-19(39)15(8-33)48-27(22(25)42)50-23-16(9-34)49-26(21(41)20(23)40)47-12-4-2-11(3-5-12)31(45)46/h2-5,13-27,32-34,36-42H,6-9H2,1H3,(H,30,35)(H,43,44)/t13-,14+,15+,16+,17+,18+,19-,20+,21+,22+,23+,24+,25-,26+,27-,29-/m0/s1. The molecule has 0 aromatic heterocycles. The van der Waals surface area contributed by atoms with Crippen LogP contribution in [0.1, 0.15) is 13.3 Å². The normalized spacial score (nSPS) is 39.2. The molecule has 3 saturated heterocycles. The van der Waals surface area contributed by atoms with Gasteiger partial charge in [-0.3, -0.25) is 14.9 Å². The summed E-state index contributed by atoms with van der Waals surface area (Å²) in [6.07, 6.45) is -28.1. The van der Waals surface area contributed by atoms with E-state index < -0.39 is 141 Å². The Morgan fingerprint density at radius 3 is 2.10 bits per heavy atom. The molecule has 52 heavy (non-hydrogen) atoms. The second kappa shape index (κ2) is 17.3. The molecular weight excluding hydrogens is 712 g/mol. The van der Waals surface area contributed by atoms with Gasteiger partial charge in [-0.1, -0.05) is 0 Å². The van der Waals surface area contributed by atoms with E-state index in [4.69, 9.17) is 28.4 Å². The van der Waals surface area contributed by atoms with E-state index in [2.05, 4.69) is 5.32 Å². The maximum atomic E-state index is 12.7. The molecule has 0 radical (unpaired) electrons. The Bertz CT molecular complexity index is 1370. The van der Waals surface area contributed by atoms with Gasteiger partial charge in [0, 0.05) is 25.5 Å². The molecule has 3 aliphatic rings. The van der Waals surface area contributed by atoms with Crippen LogP contribution < -0.4 is 10.1 Å². The van der Waals surface area contributed by atoms with Gasteiger partial charge < -0.3 is 89.9 Å². The number of carboxylic acid groups (broad SMARTS) is 1. The van der Waals surface area contributed by atoms with Crippen molar-refractivity contribution in [1.82, 2.24) is 5.32 Å². The van der Waals surface area contributed by atoms with Crippen molar-refractivity contribution in [2.45, 2.75) is 111 Å². The van der Waals surface area contributed by atoms with E-state index in [1.54, 1.807) is 0 Å². The van der Waals surface area contributed by atoms with E-state index in [9.17, 15) is 75.9 Å². The number of benzene rings is 1. The van der Waals surface area contributed by atoms with Gasteiger partial charge in [-0.25, -0.2) is 4.79 Å². The molecule has 0 bridgehead atoms. The largest absolute Gasteiger partial charge is 0.477 e. The SMILES string of the molecule is CC(=O)N[C@H]1[C@H]([C@H](O)[C@H](O)CO)O[C@@](O[C@H]2[C@@H](O)[C@@H](CO)O[C@@H](O[C@H]3[C@H](O)[C@@H](O)[C@H](Oc4ccc([N+](=O)[O-])cc4)O[C@@H]3CO)[C@@H]2O)(C(=O)O)C[C@@H]1O. The maximum absolute atomic E-state index is 12.7. The van der Waals surface area contributed by atoms with Gasteiger partial charge in [-0.05, 0) is 12.1 Å². The molecule has 23 nitrogen and oxygen atoms in total. The van der Waals surface area contributed by atoms with Gasteiger partial charge in [-0.2, -0.15) is 0 Å². The first-order valence-electron chi connectivity index (χ1n) is 15.8. The number of non-ortho nitro benzene ring substituents is 1. The van der Waals surface area contributed by atoms with E-state index in [1.165, 1.54) is 12.1 Å². The lowest BCUT2D eigenvalue weighted by molar-refractivity contribution is -0.385. The molecule has 3 fully saturated rings. The molecule has 0 aliphatic carbocycles. The lowest BCUT2D eigenvalue weighted by atomic mass is 9.88. The number of aliphatic hydroxyl groups excluding tert-OH is 10. The maximum Gasteiger partial charge on any atom is 0.364 e. The molecule has 294 valence electrons. The monoisotopic (exact) mass is 754 g/mol. The number of aliphatic carboxylic acids is 1. The minimum absolute atomic E-state index is 0.0323. The number of ether oxygens (including phenoxy) is 6. The number of aliphatic hydroxyl groups is 10. The fourth-order valence-corrected chi connectivity index (χ4v) is 6.03. The third-order valence-electron chi connectivity index (χ3n) is 8.75. The van der Waals surface area contributed by atoms with Crippen LogP contribution in [0.2, 0.25) is 0 Å². The van der Waals surface area contributed by atoms with E-state index in [-0.39, 0.29) is 11.4 Å². The summed E-state index contributed by atoms with van der Waals surface area (Å²) in [6.45, 7) is -1.95. The first-order chi connectivity index (χ1) is 24.5. The van der Waals surface area contributed by atoms with Crippen molar-refractivity contribution in [3.63, 3.8) is 0 Å². The number of carbonyl (C=O) groups excluding carboxylic acids is 1.